The lowest BCUT2D eigenvalue weighted by atomic mass is 9.99. The Balaban J connectivity index is 2.31. The van der Waals surface area contributed by atoms with Crippen molar-refractivity contribution in [3.63, 3.8) is 0 Å². The van der Waals surface area contributed by atoms with Gasteiger partial charge in [0, 0.05) is 5.02 Å². The van der Waals surface area contributed by atoms with E-state index in [2.05, 4.69) is 21.4 Å². The quantitative estimate of drug-likeness (QED) is 0.635. The fourth-order valence-electron chi connectivity index (χ4n) is 1.96. The maximum Gasteiger partial charge on any atom is 0.137 e. The number of halogens is 4. The molecule has 0 saturated carbocycles. The molecular weight excluding hydrogens is 350 g/mol. The molecule has 1 atom stereocenters. The summed E-state index contributed by atoms with van der Waals surface area (Å²) in [5.41, 5.74) is 4.03. The first-order chi connectivity index (χ1) is 9.52. The van der Waals surface area contributed by atoms with Gasteiger partial charge in [0.05, 0.1) is 10.5 Å². The smallest absolute Gasteiger partial charge is 0.137 e. The summed E-state index contributed by atoms with van der Waals surface area (Å²) in [6, 6.07) is 8.53. The van der Waals surface area contributed by atoms with Gasteiger partial charge in [-0.1, -0.05) is 29.8 Å². The molecule has 0 aromatic heterocycles. The Bertz CT molecular complexity index is 622. The van der Waals surface area contributed by atoms with Crippen LogP contribution in [0.5, 0.6) is 0 Å². The zero-order valence-electron chi connectivity index (χ0n) is 10.3. The van der Waals surface area contributed by atoms with Crippen LogP contribution in [0.2, 0.25) is 5.02 Å². The molecule has 0 fully saturated rings. The van der Waals surface area contributed by atoms with E-state index in [1.165, 1.54) is 18.2 Å². The first kappa shape index (κ1) is 15.4. The molecule has 3 N–H and O–H groups in total. The Hall–Kier alpha value is -1.01. The van der Waals surface area contributed by atoms with Gasteiger partial charge in [-0.2, -0.15) is 0 Å². The van der Waals surface area contributed by atoms with Crippen LogP contribution in [0.4, 0.5) is 8.78 Å². The molecule has 0 bridgehead atoms. The van der Waals surface area contributed by atoms with E-state index in [4.69, 9.17) is 17.4 Å². The summed E-state index contributed by atoms with van der Waals surface area (Å²) in [7, 11) is 0. The Labute approximate surface area is 129 Å². The zero-order valence-corrected chi connectivity index (χ0v) is 12.7. The highest BCUT2D eigenvalue weighted by atomic mass is 79.9. The van der Waals surface area contributed by atoms with Crippen LogP contribution in [-0.2, 0) is 6.42 Å². The second-order valence-corrected chi connectivity index (χ2v) is 5.50. The number of rotatable bonds is 4. The zero-order chi connectivity index (χ0) is 14.7. The number of nitrogens with one attached hydrogen (secondary N) is 1. The molecule has 6 heteroatoms. The van der Waals surface area contributed by atoms with E-state index >= 15 is 0 Å². The lowest BCUT2D eigenvalue weighted by Crippen LogP contribution is -2.30. The summed E-state index contributed by atoms with van der Waals surface area (Å²) in [5.74, 6) is 4.77. The lowest BCUT2D eigenvalue weighted by Gasteiger charge is -2.19. The topological polar surface area (TPSA) is 38.0 Å². The maximum atomic E-state index is 13.6. The second-order valence-electron chi connectivity index (χ2n) is 4.30. The highest BCUT2D eigenvalue weighted by molar-refractivity contribution is 9.10. The van der Waals surface area contributed by atoms with Gasteiger partial charge in [-0.3, -0.25) is 11.3 Å². The van der Waals surface area contributed by atoms with Gasteiger partial charge in [0.25, 0.3) is 0 Å². The fraction of sp³-hybridized carbons (Fsp3) is 0.143. The molecule has 0 radical (unpaired) electrons. The van der Waals surface area contributed by atoms with Gasteiger partial charge in [0.15, 0.2) is 0 Å². The van der Waals surface area contributed by atoms with Crippen molar-refractivity contribution in [1.82, 2.24) is 5.43 Å². The van der Waals surface area contributed by atoms with E-state index < -0.39 is 5.82 Å². The summed E-state index contributed by atoms with van der Waals surface area (Å²) >= 11 is 9.20. The largest absolute Gasteiger partial charge is 0.271 e. The maximum absolute atomic E-state index is 13.6. The van der Waals surface area contributed by atoms with Crippen LogP contribution in [0.3, 0.4) is 0 Å². The molecule has 0 spiro atoms. The molecule has 2 nitrogen and oxygen atoms in total. The molecule has 0 saturated heterocycles. The number of benzene rings is 2. The summed E-state index contributed by atoms with van der Waals surface area (Å²) in [6.07, 6.45) is 0.414. The van der Waals surface area contributed by atoms with Crippen LogP contribution in [0.1, 0.15) is 17.2 Å². The molecule has 106 valence electrons. The van der Waals surface area contributed by atoms with Gasteiger partial charge in [0.1, 0.15) is 11.6 Å². The van der Waals surface area contributed by atoms with Crippen molar-refractivity contribution in [3.8, 4) is 0 Å². The summed E-state index contributed by atoms with van der Waals surface area (Å²) in [5, 5.41) is 0.317. The van der Waals surface area contributed by atoms with Crippen molar-refractivity contribution in [2.24, 2.45) is 5.84 Å². The third kappa shape index (κ3) is 3.35. The average molecular weight is 362 g/mol. The number of hydrogen-bond donors (Lipinski definition) is 2. The SMILES string of the molecule is NNC(Cc1ccc(F)cc1Cl)c1cccc(F)c1Br. The Kier molecular flexibility index (Phi) is 5.10. The third-order valence-electron chi connectivity index (χ3n) is 3.00. The van der Waals surface area contributed by atoms with E-state index in [1.807, 2.05) is 0 Å². The van der Waals surface area contributed by atoms with Crippen molar-refractivity contribution in [3.05, 3.63) is 68.7 Å². The average Bonchev–Trinajstić information content (AvgIpc) is 2.42. The Morgan fingerprint density at radius 1 is 1.25 bits per heavy atom. The van der Waals surface area contributed by atoms with E-state index in [0.29, 0.717) is 21.5 Å². The van der Waals surface area contributed by atoms with Crippen molar-refractivity contribution in [2.45, 2.75) is 12.5 Å². The first-order valence-corrected chi connectivity index (χ1v) is 7.04. The monoisotopic (exact) mass is 360 g/mol. The number of nitrogens with two attached hydrogens (primary N) is 1. The van der Waals surface area contributed by atoms with Gasteiger partial charge in [-0.05, 0) is 51.7 Å². The predicted molar refractivity (Wildman–Crippen MR) is 79.3 cm³/mol. The first-order valence-electron chi connectivity index (χ1n) is 5.87. The highest BCUT2D eigenvalue weighted by Crippen LogP contribution is 2.29. The van der Waals surface area contributed by atoms with Crippen LogP contribution in [-0.4, -0.2) is 0 Å². The van der Waals surface area contributed by atoms with Crippen LogP contribution in [0, 0.1) is 11.6 Å². The summed E-state index contributed by atoms with van der Waals surface area (Å²) in [4.78, 5) is 0. The van der Waals surface area contributed by atoms with Crippen molar-refractivity contribution in [1.29, 1.82) is 0 Å². The van der Waals surface area contributed by atoms with E-state index in [9.17, 15) is 8.78 Å². The van der Waals surface area contributed by atoms with Crippen molar-refractivity contribution >= 4 is 27.5 Å². The summed E-state index contributed by atoms with van der Waals surface area (Å²) < 4.78 is 26.9. The predicted octanol–water partition coefficient (Wildman–Crippen LogP) is 4.13. The molecule has 20 heavy (non-hydrogen) atoms. The molecule has 0 heterocycles. The third-order valence-corrected chi connectivity index (χ3v) is 4.19. The standard InChI is InChI=1S/C14H12BrClF2N2/c15-14-10(2-1-3-12(14)18)13(20-19)6-8-4-5-9(17)7-11(8)16/h1-5,7,13,20H,6,19H2. The van der Waals surface area contributed by atoms with Crippen molar-refractivity contribution < 1.29 is 8.78 Å². The molecular formula is C14H12BrClF2N2. The fourth-order valence-corrected chi connectivity index (χ4v) is 2.74. The van der Waals surface area contributed by atoms with E-state index in [1.54, 1.807) is 18.2 Å². The van der Waals surface area contributed by atoms with E-state index in [-0.39, 0.29) is 11.9 Å². The van der Waals surface area contributed by atoms with E-state index in [0.717, 1.165) is 5.56 Å². The Morgan fingerprint density at radius 2 is 2.00 bits per heavy atom. The lowest BCUT2D eigenvalue weighted by molar-refractivity contribution is 0.539. The van der Waals surface area contributed by atoms with Crippen LogP contribution in [0.15, 0.2) is 40.9 Å². The minimum Gasteiger partial charge on any atom is -0.271 e. The normalized spacial score (nSPS) is 12.4. The number of hydrazine groups is 1. The molecule has 2 rings (SSSR count). The van der Waals surface area contributed by atoms with Crippen LogP contribution < -0.4 is 11.3 Å². The molecule has 2 aromatic carbocycles. The summed E-state index contributed by atoms with van der Waals surface area (Å²) in [6.45, 7) is 0. The minimum absolute atomic E-state index is 0.317. The van der Waals surface area contributed by atoms with Gasteiger partial charge >= 0.3 is 0 Å². The van der Waals surface area contributed by atoms with Gasteiger partial charge in [0.2, 0.25) is 0 Å². The second kappa shape index (κ2) is 6.63. The van der Waals surface area contributed by atoms with Gasteiger partial charge in [-0.15, -0.1) is 0 Å². The van der Waals surface area contributed by atoms with Gasteiger partial charge in [-0.25, -0.2) is 8.78 Å². The van der Waals surface area contributed by atoms with Crippen LogP contribution in [0.25, 0.3) is 0 Å². The molecule has 0 aliphatic carbocycles. The molecule has 0 aliphatic heterocycles. The minimum atomic E-state index is -0.400. The molecule has 1 unspecified atom stereocenters. The molecule has 0 amide bonds. The van der Waals surface area contributed by atoms with Gasteiger partial charge < -0.3 is 0 Å². The molecule has 0 aliphatic rings. The highest BCUT2D eigenvalue weighted by Gasteiger charge is 2.17. The molecule has 2 aromatic rings. The van der Waals surface area contributed by atoms with Crippen molar-refractivity contribution in [2.75, 3.05) is 0 Å². The Morgan fingerprint density at radius 3 is 2.65 bits per heavy atom. The number of hydrogen-bond acceptors (Lipinski definition) is 2. The van der Waals surface area contributed by atoms with Crippen LogP contribution >= 0.6 is 27.5 Å².